The second kappa shape index (κ2) is 7.60. The molecule has 1 amide bonds. The Labute approximate surface area is 157 Å². The number of fused-ring (bicyclic) bond motifs is 3. The fourth-order valence-electron chi connectivity index (χ4n) is 3.21. The number of hydrogen-bond donors (Lipinski definition) is 2. The number of nitrogens with one attached hydrogen (secondary N) is 2. The maximum Gasteiger partial charge on any atom is 0.291 e. The number of carbonyl (C=O) groups is 1. The number of para-hydroxylation sites is 1. The van der Waals surface area contributed by atoms with Gasteiger partial charge in [-0.3, -0.25) is 4.79 Å². The first-order valence-corrected chi connectivity index (χ1v) is 9.13. The van der Waals surface area contributed by atoms with E-state index in [0.717, 1.165) is 41.7 Å². The molecule has 1 aromatic carbocycles. The van der Waals surface area contributed by atoms with Crippen molar-refractivity contribution < 1.29 is 9.21 Å². The first-order valence-electron chi connectivity index (χ1n) is 9.13. The maximum atomic E-state index is 12.3. The highest BCUT2D eigenvalue weighted by Gasteiger charge is 2.15. The highest BCUT2D eigenvalue weighted by molar-refractivity contribution is 6.03. The molecule has 5 nitrogen and oxygen atoms in total. The average molecular weight is 359 g/mol. The summed E-state index contributed by atoms with van der Waals surface area (Å²) in [5, 5.41) is 7.44. The quantitative estimate of drug-likeness (QED) is 0.490. The number of nitrogens with zero attached hydrogens (tertiary/aromatic N) is 1. The van der Waals surface area contributed by atoms with Crippen LogP contribution in [0.15, 0.2) is 65.3 Å². The van der Waals surface area contributed by atoms with Gasteiger partial charge in [-0.2, -0.15) is 0 Å². The van der Waals surface area contributed by atoms with Gasteiger partial charge in [0.2, 0.25) is 0 Å². The second-order valence-electron chi connectivity index (χ2n) is 6.46. The number of aromatic nitrogens is 1. The van der Waals surface area contributed by atoms with Crippen LogP contribution in [0, 0.1) is 0 Å². The lowest BCUT2D eigenvalue weighted by Crippen LogP contribution is -2.13. The first-order chi connectivity index (χ1) is 13.3. The Bertz CT molecular complexity index is 1040. The van der Waals surface area contributed by atoms with Gasteiger partial charge < -0.3 is 15.1 Å². The minimum Gasteiger partial charge on any atom is -0.459 e. The second-order valence-corrected chi connectivity index (χ2v) is 6.46. The normalized spacial score (nSPS) is 11.1. The van der Waals surface area contributed by atoms with Crippen LogP contribution in [0.2, 0.25) is 0 Å². The molecule has 2 N–H and O–H groups in total. The van der Waals surface area contributed by atoms with Crippen molar-refractivity contribution in [2.45, 2.75) is 19.9 Å². The van der Waals surface area contributed by atoms with Crippen molar-refractivity contribution in [2.24, 2.45) is 0 Å². The van der Waals surface area contributed by atoms with Gasteiger partial charge in [-0.15, -0.1) is 0 Å². The summed E-state index contributed by atoms with van der Waals surface area (Å²) in [5.41, 5.74) is 4.79. The average Bonchev–Trinajstić information content (AvgIpc) is 3.27. The molecule has 27 heavy (non-hydrogen) atoms. The summed E-state index contributed by atoms with van der Waals surface area (Å²) in [6.07, 6.45) is 2.58. The number of benzene rings is 1. The van der Waals surface area contributed by atoms with Crippen LogP contribution in [0.25, 0.3) is 22.2 Å². The van der Waals surface area contributed by atoms with Gasteiger partial charge >= 0.3 is 0 Å². The molecule has 1 aliphatic heterocycles. The monoisotopic (exact) mass is 359 g/mol. The highest BCUT2D eigenvalue weighted by atomic mass is 16.3. The number of amides is 1. The van der Waals surface area contributed by atoms with Gasteiger partial charge in [-0.25, -0.2) is 4.98 Å². The van der Waals surface area contributed by atoms with E-state index in [9.17, 15) is 4.79 Å². The summed E-state index contributed by atoms with van der Waals surface area (Å²) in [6, 6.07) is 17.3. The van der Waals surface area contributed by atoms with Crippen molar-refractivity contribution in [3.8, 4) is 11.3 Å². The van der Waals surface area contributed by atoms with Gasteiger partial charge in [-0.1, -0.05) is 37.3 Å². The van der Waals surface area contributed by atoms with Gasteiger partial charge in [0.1, 0.15) is 0 Å². The molecule has 1 aromatic heterocycles. The number of hydrogen-bond acceptors (Lipinski definition) is 4. The molecule has 0 spiro atoms. The Kier molecular flexibility index (Phi) is 4.85. The largest absolute Gasteiger partial charge is 0.459 e. The van der Waals surface area contributed by atoms with Gasteiger partial charge in [0.15, 0.2) is 5.76 Å². The Hall–Kier alpha value is -3.18. The Morgan fingerprint density at radius 1 is 1.11 bits per heavy atom. The predicted octanol–water partition coefficient (Wildman–Crippen LogP) is 4.68. The van der Waals surface area contributed by atoms with E-state index in [-0.39, 0.29) is 11.7 Å². The number of furan rings is 1. The summed E-state index contributed by atoms with van der Waals surface area (Å²) >= 11 is 0. The lowest BCUT2D eigenvalue weighted by atomic mass is 10.1. The van der Waals surface area contributed by atoms with Crippen LogP contribution in [-0.4, -0.2) is 17.4 Å². The van der Waals surface area contributed by atoms with Gasteiger partial charge in [0.05, 0.1) is 17.5 Å². The highest BCUT2D eigenvalue weighted by Crippen LogP contribution is 2.33. The van der Waals surface area contributed by atoms with E-state index in [4.69, 9.17) is 9.40 Å². The maximum absolute atomic E-state index is 12.3. The summed E-state index contributed by atoms with van der Waals surface area (Å²) in [6.45, 7) is 3.93. The smallest absolute Gasteiger partial charge is 0.291 e. The topological polar surface area (TPSA) is 67.2 Å². The van der Waals surface area contributed by atoms with Crippen LogP contribution >= 0.6 is 0 Å². The van der Waals surface area contributed by atoms with E-state index in [0.29, 0.717) is 5.69 Å². The minimum absolute atomic E-state index is 0.278. The number of carbonyl (C=O) groups excluding carboxylic acids is 1. The molecule has 0 atom stereocenters. The molecular formula is C22H21N3O2. The summed E-state index contributed by atoms with van der Waals surface area (Å²) in [4.78, 5) is 17.1. The summed E-state index contributed by atoms with van der Waals surface area (Å²) < 4.78 is 5.15. The van der Waals surface area contributed by atoms with Crippen LogP contribution in [0.5, 0.6) is 0 Å². The lowest BCUT2D eigenvalue weighted by Gasteiger charge is -2.04. The van der Waals surface area contributed by atoms with Crippen LogP contribution < -0.4 is 10.6 Å². The SMILES string of the molecule is CCCNCc1cccc2c3cccc(NC(=O)c4ccco4)cc-3nc12. The predicted molar refractivity (Wildman–Crippen MR) is 107 cm³/mol. The van der Waals surface area contributed by atoms with Crippen molar-refractivity contribution in [3.05, 3.63) is 72.2 Å². The van der Waals surface area contributed by atoms with E-state index < -0.39 is 0 Å². The van der Waals surface area contributed by atoms with E-state index in [1.165, 1.54) is 11.8 Å². The standard InChI is InChI=1S/C22H21N3O2/c1-2-11-23-14-15-6-3-9-18-17-8-4-7-16(13-19(17)25-21(15)18)24-22(26)20-10-5-12-27-20/h3-10,12-13,23H,2,11,14H2,1H3,(H,24,26). The number of anilines is 1. The van der Waals surface area contributed by atoms with E-state index in [2.05, 4.69) is 35.8 Å². The third-order valence-corrected chi connectivity index (χ3v) is 4.49. The van der Waals surface area contributed by atoms with E-state index in [1.807, 2.05) is 24.3 Å². The van der Waals surface area contributed by atoms with Crippen LogP contribution in [0.4, 0.5) is 5.69 Å². The zero-order chi connectivity index (χ0) is 18.6. The van der Waals surface area contributed by atoms with E-state index in [1.54, 1.807) is 12.1 Å². The van der Waals surface area contributed by atoms with Crippen LogP contribution in [0.1, 0.15) is 29.5 Å². The molecular weight excluding hydrogens is 338 g/mol. The molecule has 4 rings (SSSR count). The summed E-state index contributed by atoms with van der Waals surface area (Å²) in [5.74, 6) is 0.00239. The molecule has 2 aromatic rings. The lowest BCUT2D eigenvalue weighted by molar-refractivity contribution is 0.0996. The molecule has 136 valence electrons. The first kappa shape index (κ1) is 17.2. The Morgan fingerprint density at radius 2 is 2.00 bits per heavy atom. The van der Waals surface area contributed by atoms with Gasteiger partial charge in [-0.05, 0) is 42.8 Å². The summed E-state index contributed by atoms with van der Waals surface area (Å²) in [7, 11) is 0. The molecule has 0 bridgehead atoms. The fourth-order valence-corrected chi connectivity index (χ4v) is 3.21. The Morgan fingerprint density at radius 3 is 2.81 bits per heavy atom. The van der Waals surface area contributed by atoms with Crippen molar-refractivity contribution in [2.75, 3.05) is 11.9 Å². The zero-order valence-corrected chi connectivity index (χ0v) is 15.2. The van der Waals surface area contributed by atoms with Gasteiger partial charge in [0.25, 0.3) is 5.91 Å². The van der Waals surface area contributed by atoms with Crippen molar-refractivity contribution in [1.82, 2.24) is 10.3 Å². The minimum atomic E-state index is -0.278. The molecule has 0 unspecified atom stereocenters. The van der Waals surface area contributed by atoms with Gasteiger partial charge in [0, 0.05) is 23.2 Å². The molecule has 0 saturated heterocycles. The Balaban J connectivity index is 1.69. The number of rotatable bonds is 6. The van der Waals surface area contributed by atoms with Crippen LogP contribution in [0.3, 0.4) is 0 Å². The molecule has 0 fully saturated rings. The van der Waals surface area contributed by atoms with Crippen LogP contribution in [-0.2, 0) is 6.54 Å². The fraction of sp³-hybridized carbons (Fsp3) is 0.182. The molecule has 0 radical (unpaired) electrons. The molecule has 0 saturated carbocycles. The van der Waals surface area contributed by atoms with Crippen molar-refractivity contribution in [1.29, 1.82) is 0 Å². The van der Waals surface area contributed by atoms with E-state index >= 15 is 0 Å². The third kappa shape index (κ3) is 3.55. The zero-order valence-electron chi connectivity index (χ0n) is 15.2. The molecule has 5 heteroatoms. The molecule has 1 aliphatic carbocycles. The van der Waals surface area contributed by atoms with Crippen molar-refractivity contribution in [3.63, 3.8) is 0 Å². The molecule has 2 aliphatic rings. The third-order valence-electron chi connectivity index (χ3n) is 4.49. The van der Waals surface area contributed by atoms with Crippen molar-refractivity contribution >= 4 is 22.5 Å². The molecule has 2 heterocycles.